The van der Waals surface area contributed by atoms with Gasteiger partial charge in [0.25, 0.3) is 0 Å². The van der Waals surface area contributed by atoms with Crippen LogP contribution in [-0.4, -0.2) is 75.5 Å². The maximum atomic E-state index is 12.8. The third-order valence-corrected chi connectivity index (χ3v) is 15.5. The van der Waals surface area contributed by atoms with Crippen LogP contribution in [0.5, 0.6) is 0 Å². The van der Waals surface area contributed by atoms with Gasteiger partial charge in [-0.3, -0.25) is 4.79 Å². The van der Waals surface area contributed by atoms with Crippen LogP contribution >= 0.6 is 0 Å². The van der Waals surface area contributed by atoms with Crippen LogP contribution < -0.4 is 0 Å². The molecule has 8 rings (SSSR count). The fourth-order valence-corrected chi connectivity index (χ4v) is 13.4. The fourth-order valence-electron chi connectivity index (χ4n) is 13.4. The van der Waals surface area contributed by atoms with Crippen LogP contribution in [0.2, 0.25) is 0 Å². The Labute approximate surface area is 282 Å². The Balaban J connectivity index is 0.944. The maximum Gasteiger partial charge on any atom is 0.508 e. The largest absolute Gasteiger partial charge is 0.508 e. The van der Waals surface area contributed by atoms with Gasteiger partial charge in [0, 0.05) is 13.0 Å². The van der Waals surface area contributed by atoms with E-state index in [9.17, 15) is 9.59 Å². The van der Waals surface area contributed by atoms with Gasteiger partial charge in [0.05, 0.1) is 39.1 Å². The molecule has 0 radical (unpaired) electrons. The molecule has 0 aromatic carbocycles. The molecular weight excluding hydrogens is 594 g/mol. The topological polar surface area (TPSA) is 83.5 Å². The summed E-state index contributed by atoms with van der Waals surface area (Å²) in [5, 5.41) is 0. The average molecular weight is 654 g/mol. The molecule has 8 aliphatic rings. The lowest BCUT2D eigenvalue weighted by Crippen LogP contribution is -2.48. The number of hydrogen-bond donors (Lipinski definition) is 0. The highest BCUT2D eigenvalue weighted by molar-refractivity contribution is 5.76. The molecule has 8 nitrogen and oxygen atoms in total. The Bertz CT molecular complexity index is 1280. The lowest BCUT2D eigenvalue weighted by Gasteiger charge is -2.55. The number of carbonyl (C=O) groups excluding carboxylic acids is 2. The molecule has 6 saturated carbocycles. The van der Waals surface area contributed by atoms with Crippen LogP contribution in [0, 0.1) is 57.2 Å². The zero-order valence-electron chi connectivity index (χ0n) is 29.6. The number of methoxy groups -OCH3 is 1. The quantitative estimate of drug-likeness (QED) is 0.213. The first-order chi connectivity index (χ1) is 22.5. The normalized spacial score (nSPS) is 46.4. The minimum atomic E-state index is -0.633. The van der Waals surface area contributed by atoms with Gasteiger partial charge in [-0.2, -0.15) is 0 Å². The van der Waals surface area contributed by atoms with Crippen molar-refractivity contribution >= 4 is 12.1 Å². The van der Waals surface area contributed by atoms with E-state index in [1.165, 1.54) is 70.5 Å². The van der Waals surface area contributed by atoms with Crippen molar-refractivity contribution in [3.63, 3.8) is 0 Å². The van der Waals surface area contributed by atoms with Crippen molar-refractivity contribution in [2.75, 3.05) is 40.0 Å². The minimum Gasteiger partial charge on any atom is -0.438 e. The molecule has 11 atom stereocenters. The van der Waals surface area contributed by atoms with Gasteiger partial charge in [0.1, 0.15) is 6.61 Å². The number of fused-ring (bicyclic) bond motifs is 4. The molecule has 0 bridgehead atoms. The highest BCUT2D eigenvalue weighted by Gasteiger charge is 2.83. The van der Waals surface area contributed by atoms with Crippen molar-refractivity contribution in [2.45, 2.75) is 123 Å². The van der Waals surface area contributed by atoms with Gasteiger partial charge >= 0.3 is 6.16 Å². The average Bonchev–Trinajstić information content (AvgIpc) is 3.95. The highest BCUT2D eigenvalue weighted by atomic mass is 16.7. The van der Waals surface area contributed by atoms with E-state index in [4.69, 9.17) is 18.9 Å². The highest BCUT2D eigenvalue weighted by Crippen LogP contribution is 2.89. The third kappa shape index (κ3) is 5.15. The molecule has 9 unspecified atom stereocenters. The van der Waals surface area contributed by atoms with Crippen molar-refractivity contribution in [1.82, 2.24) is 4.90 Å². The lowest BCUT2D eigenvalue weighted by molar-refractivity contribution is -0.191. The molecule has 2 aliphatic heterocycles. The van der Waals surface area contributed by atoms with Crippen molar-refractivity contribution < 1.29 is 33.3 Å². The molecular formula is C39H59NO7. The van der Waals surface area contributed by atoms with Gasteiger partial charge in [-0.1, -0.05) is 33.8 Å². The SMILES string of the molecule is COC(=O)OCC1CC=C2C(CC3C4CCC5C(C)(C)C[C@@H](COC6CN(C(=O)CC7CC7)CCO6)CCC56C(C)C46CC[C@]23C)O1. The first kappa shape index (κ1) is 32.6. The van der Waals surface area contributed by atoms with Gasteiger partial charge in [-0.15, -0.1) is 0 Å². The number of nitrogens with zero attached hydrogens (tertiary/aromatic N) is 1. The second-order valence-corrected chi connectivity index (χ2v) is 17.9. The molecule has 262 valence electrons. The maximum absolute atomic E-state index is 12.8. The Kier molecular flexibility index (Phi) is 8.12. The lowest BCUT2D eigenvalue weighted by atomic mass is 9.49. The van der Waals surface area contributed by atoms with Crippen LogP contribution in [0.1, 0.15) is 105 Å². The van der Waals surface area contributed by atoms with Crippen LogP contribution in [-0.2, 0) is 28.5 Å². The molecule has 2 heterocycles. The van der Waals surface area contributed by atoms with Crippen LogP contribution in [0.15, 0.2) is 11.6 Å². The molecule has 7 fully saturated rings. The first-order valence-corrected chi connectivity index (χ1v) is 19.1. The number of carbonyl (C=O) groups is 2. The van der Waals surface area contributed by atoms with Crippen molar-refractivity contribution in [2.24, 2.45) is 57.2 Å². The van der Waals surface area contributed by atoms with Gasteiger partial charge < -0.3 is 28.6 Å². The zero-order chi connectivity index (χ0) is 32.8. The van der Waals surface area contributed by atoms with Crippen molar-refractivity contribution in [1.29, 1.82) is 0 Å². The number of rotatable bonds is 7. The summed E-state index contributed by atoms with van der Waals surface area (Å²) in [6.07, 6.45) is 15.7. The van der Waals surface area contributed by atoms with Gasteiger partial charge in [0.2, 0.25) is 5.91 Å². The monoisotopic (exact) mass is 653 g/mol. The first-order valence-electron chi connectivity index (χ1n) is 19.1. The fraction of sp³-hybridized carbons (Fsp3) is 0.897. The number of amides is 1. The third-order valence-electron chi connectivity index (χ3n) is 15.5. The predicted octanol–water partition coefficient (Wildman–Crippen LogP) is 7.15. The minimum absolute atomic E-state index is 0.0883. The van der Waals surface area contributed by atoms with Crippen molar-refractivity contribution in [3.8, 4) is 0 Å². The van der Waals surface area contributed by atoms with E-state index in [1.807, 2.05) is 4.90 Å². The summed E-state index contributed by atoms with van der Waals surface area (Å²) >= 11 is 0. The molecule has 1 amide bonds. The van der Waals surface area contributed by atoms with E-state index >= 15 is 0 Å². The molecule has 0 aromatic heterocycles. The Morgan fingerprint density at radius 2 is 1.81 bits per heavy atom. The number of morpholine rings is 1. The second kappa shape index (κ2) is 11.7. The summed E-state index contributed by atoms with van der Waals surface area (Å²) in [7, 11) is 1.35. The van der Waals surface area contributed by atoms with E-state index < -0.39 is 6.16 Å². The Morgan fingerprint density at radius 1 is 0.979 bits per heavy atom. The van der Waals surface area contributed by atoms with Crippen LogP contribution in [0.4, 0.5) is 4.79 Å². The molecule has 0 N–H and O–H groups in total. The van der Waals surface area contributed by atoms with E-state index in [2.05, 4.69) is 38.5 Å². The van der Waals surface area contributed by atoms with E-state index in [0.717, 1.165) is 37.2 Å². The smallest absolute Gasteiger partial charge is 0.438 e. The van der Waals surface area contributed by atoms with Gasteiger partial charge in [0.15, 0.2) is 6.29 Å². The summed E-state index contributed by atoms with van der Waals surface area (Å²) in [5.41, 5.74) is 2.91. The van der Waals surface area contributed by atoms with Crippen molar-refractivity contribution in [3.05, 3.63) is 11.6 Å². The van der Waals surface area contributed by atoms with Gasteiger partial charge in [-0.25, -0.2) is 4.79 Å². The Hall–Kier alpha value is -1.64. The summed E-state index contributed by atoms with van der Waals surface area (Å²) in [6, 6.07) is 0. The number of hydrogen-bond acceptors (Lipinski definition) is 7. The standard InChI is InChI=1S/C39H59NO7/c1-24-38-15-14-37(4)29-9-8-27(23-46-35(42)43-5)47-31(29)19-30(37)28(38)10-11-32-36(2,3)20-26(12-13-39(24,32)38)22-45-34-21-40(16-17-44-34)33(41)18-25-6-7-25/h9,24-28,30-32,34H,6-8,10-23H2,1-5H3/t24?,26-,27?,28?,30?,31?,32?,34?,37+,38?,39?/m0/s1. The molecule has 2 spiro atoms. The summed E-state index contributed by atoms with van der Waals surface area (Å²) in [5.74, 6) is 4.37. The molecule has 1 saturated heterocycles. The van der Waals surface area contributed by atoms with E-state index in [1.54, 1.807) is 0 Å². The predicted molar refractivity (Wildman–Crippen MR) is 176 cm³/mol. The van der Waals surface area contributed by atoms with Crippen LogP contribution in [0.3, 0.4) is 0 Å². The number of ether oxygens (including phenoxy) is 5. The van der Waals surface area contributed by atoms with E-state index in [-0.39, 0.29) is 41.8 Å². The molecule has 8 heteroatoms. The van der Waals surface area contributed by atoms with Crippen LogP contribution in [0.25, 0.3) is 0 Å². The molecule has 47 heavy (non-hydrogen) atoms. The summed E-state index contributed by atoms with van der Waals surface area (Å²) < 4.78 is 29.2. The van der Waals surface area contributed by atoms with Gasteiger partial charge in [-0.05, 0) is 133 Å². The van der Waals surface area contributed by atoms with E-state index in [0.29, 0.717) is 54.7 Å². The summed E-state index contributed by atoms with van der Waals surface area (Å²) in [6.45, 7) is 13.2. The Morgan fingerprint density at radius 3 is 2.60 bits per heavy atom. The summed E-state index contributed by atoms with van der Waals surface area (Å²) in [4.78, 5) is 26.4. The zero-order valence-corrected chi connectivity index (χ0v) is 29.6. The molecule has 6 aliphatic carbocycles. The second-order valence-electron chi connectivity index (χ2n) is 17.9. The molecule has 0 aromatic rings.